The average Bonchev–Trinajstić information content (AvgIpc) is 3.12. The number of hydrogen-bond donors (Lipinski definition) is 3. The molecule has 1 amide bonds. The highest BCUT2D eigenvalue weighted by molar-refractivity contribution is 7.91. The molecule has 1 heterocycles. The molecule has 0 bridgehead atoms. The van der Waals surface area contributed by atoms with Crippen LogP contribution < -0.4 is 4.72 Å². The van der Waals surface area contributed by atoms with Gasteiger partial charge in [0, 0.05) is 18.2 Å². The number of nitrogens with one attached hydrogen (secondary N) is 2. The Morgan fingerprint density at radius 2 is 1.84 bits per heavy atom. The number of halogens is 5. The second-order valence-electron chi connectivity index (χ2n) is 9.83. The van der Waals surface area contributed by atoms with E-state index in [1.54, 1.807) is 12.1 Å². The number of likely N-dealkylation sites (tertiary alicyclic amines) is 1. The Morgan fingerprint density at radius 3 is 2.38 bits per heavy atom. The lowest BCUT2D eigenvalue weighted by Crippen LogP contribution is -2.57. The van der Waals surface area contributed by atoms with Crippen LogP contribution in [0, 0.1) is 24.4 Å². The molecule has 3 atom stereocenters. The van der Waals surface area contributed by atoms with Crippen molar-refractivity contribution in [3.8, 4) is 11.1 Å². The molecule has 0 radical (unpaired) electrons. The summed E-state index contributed by atoms with van der Waals surface area (Å²) in [5, 5.41) is 10.6. The summed E-state index contributed by atoms with van der Waals surface area (Å²) in [5.74, 6) is -1.19. The highest BCUT2D eigenvalue weighted by Gasteiger charge is 2.51. The second-order valence-corrected chi connectivity index (χ2v) is 11.6. The molecule has 6 nitrogen and oxygen atoms in total. The molecule has 37 heavy (non-hydrogen) atoms. The first-order valence-electron chi connectivity index (χ1n) is 11.7. The van der Waals surface area contributed by atoms with E-state index in [-0.39, 0.29) is 50.2 Å². The Kier molecular flexibility index (Phi) is 8.34. The van der Waals surface area contributed by atoms with E-state index in [1.165, 1.54) is 11.0 Å². The molecule has 0 spiro atoms. The number of carbonyl (C=O) groups excluding carboxylic acids is 1. The van der Waals surface area contributed by atoms with Gasteiger partial charge in [0.05, 0.1) is 6.04 Å². The number of benzene rings is 2. The molecule has 1 aliphatic heterocycles. The molecule has 1 unspecified atom stereocenters. The van der Waals surface area contributed by atoms with Gasteiger partial charge in [-0.05, 0) is 57.1 Å². The standard InChI is InChI=1S/C25H29F4N3O3S.ClH/c1-15-11-16(2)13-18(12-15)19-6-3-5-17(22(19)26)14-21-20(31-36(30,35)25(27,28)29)7-10-32(21)23(33)24(34)8-4-9-24;/h3,5-6,11-13,20-21,34H,4,7-10,14H2,1-2H3,(H2,30,31,35);1H/t20-,21-,36?;/m0./s1. The van der Waals surface area contributed by atoms with Crippen molar-refractivity contribution in [1.82, 2.24) is 9.62 Å². The van der Waals surface area contributed by atoms with E-state index in [2.05, 4.69) is 0 Å². The van der Waals surface area contributed by atoms with Crippen LogP contribution in [-0.4, -0.2) is 49.9 Å². The Bertz CT molecular complexity index is 1260. The Hall–Kier alpha value is -2.21. The average molecular weight is 564 g/mol. The van der Waals surface area contributed by atoms with Crippen LogP contribution in [0.3, 0.4) is 0 Å². The van der Waals surface area contributed by atoms with Crippen molar-refractivity contribution in [1.29, 1.82) is 4.78 Å². The number of aliphatic hydroxyl groups is 1. The normalized spacial score (nSPS) is 22.6. The molecule has 3 N–H and O–H groups in total. The van der Waals surface area contributed by atoms with Gasteiger partial charge in [-0.15, -0.1) is 12.4 Å². The molecule has 204 valence electrons. The van der Waals surface area contributed by atoms with Gasteiger partial charge in [-0.3, -0.25) is 4.79 Å². The fraction of sp³-hybridized carbons (Fsp3) is 0.480. The first-order chi connectivity index (χ1) is 16.7. The Balaban J connectivity index is 0.00000380. The number of amides is 1. The van der Waals surface area contributed by atoms with Gasteiger partial charge in [-0.1, -0.05) is 47.5 Å². The first-order valence-corrected chi connectivity index (χ1v) is 13.3. The van der Waals surface area contributed by atoms with Crippen molar-refractivity contribution < 1.29 is 31.7 Å². The van der Waals surface area contributed by atoms with Crippen molar-refractivity contribution in [2.45, 2.75) is 69.1 Å². The third kappa shape index (κ3) is 5.79. The summed E-state index contributed by atoms with van der Waals surface area (Å²) in [4.78, 5) is 14.4. The molecule has 12 heteroatoms. The first kappa shape index (κ1) is 29.3. The van der Waals surface area contributed by atoms with E-state index < -0.39 is 44.8 Å². The lowest BCUT2D eigenvalue weighted by atomic mass is 9.79. The summed E-state index contributed by atoms with van der Waals surface area (Å²) in [6.07, 6.45) is 0.931. The van der Waals surface area contributed by atoms with E-state index in [0.717, 1.165) is 11.1 Å². The highest BCUT2D eigenvalue weighted by atomic mass is 35.5. The van der Waals surface area contributed by atoms with E-state index >= 15 is 4.39 Å². The molecule has 1 aliphatic carbocycles. The molecule has 2 fully saturated rings. The minimum Gasteiger partial charge on any atom is -0.380 e. The number of carbonyl (C=O) groups is 1. The number of aryl methyl sites for hydroxylation is 2. The quantitative estimate of drug-likeness (QED) is 0.430. The largest absolute Gasteiger partial charge is 0.492 e. The van der Waals surface area contributed by atoms with Crippen LogP contribution in [0.25, 0.3) is 11.1 Å². The third-order valence-corrected chi connectivity index (χ3v) is 8.36. The fourth-order valence-electron chi connectivity index (χ4n) is 5.08. The molecule has 2 aromatic rings. The zero-order chi connectivity index (χ0) is 26.5. The summed E-state index contributed by atoms with van der Waals surface area (Å²) in [7, 11) is -5.20. The van der Waals surface area contributed by atoms with Crippen molar-refractivity contribution in [3.63, 3.8) is 0 Å². The summed E-state index contributed by atoms with van der Waals surface area (Å²) >= 11 is 0. The van der Waals surface area contributed by atoms with Crippen LogP contribution in [0.2, 0.25) is 0 Å². The topological polar surface area (TPSA) is 93.5 Å². The van der Waals surface area contributed by atoms with Crippen molar-refractivity contribution in [2.24, 2.45) is 0 Å². The minimum atomic E-state index is -5.31. The number of nitrogens with zero attached hydrogens (tertiary/aromatic N) is 1. The SMILES string of the molecule is Cc1cc(C)cc(-c2cccc(C[C@H]3[C@@H](NS(=N)(=O)C(F)(F)F)CCN3C(=O)C3(O)CCC3)c2F)c1.Cl. The van der Waals surface area contributed by atoms with E-state index in [1.807, 2.05) is 36.8 Å². The molecule has 1 saturated heterocycles. The second kappa shape index (κ2) is 10.5. The van der Waals surface area contributed by atoms with Crippen LogP contribution in [-0.2, 0) is 21.1 Å². The fourth-order valence-corrected chi connectivity index (χ4v) is 5.92. The highest BCUT2D eigenvalue weighted by Crippen LogP contribution is 2.37. The van der Waals surface area contributed by atoms with Gasteiger partial charge in [-0.25, -0.2) is 18.1 Å². The third-order valence-electron chi connectivity index (χ3n) is 7.07. The summed E-state index contributed by atoms with van der Waals surface area (Å²) in [6, 6.07) is 8.15. The van der Waals surface area contributed by atoms with E-state index in [9.17, 15) is 27.3 Å². The van der Waals surface area contributed by atoms with Gasteiger partial charge in [0.15, 0.2) is 0 Å². The molecular weight excluding hydrogens is 534 g/mol. The van der Waals surface area contributed by atoms with Gasteiger partial charge in [0.25, 0.3) is 5.91 Å². The maximum atomic E-state index is 15.7. The van der Waals surface area contributed by atoms with Crippen LogP contribution >= 0.6 is 12.4 Å². The predicted molar refractivity (Wildman–Crippen MR) is 135 cm³/mol. The summed E-state index contributed by atoms with van der Waals surface area (Å²) in [5.41, 5.74) is -3.88. The molecular formula is C25H30ClF4N3O3S. The summed E-state index contributed by atoms with van der Waals surface area (Å²) in [6.45, 7) is 3.77. The van der Waals surface area contributed by atoms with Crippen LogP contribution in [0.5, 0.6) is 0 Å². The minimum absolute atomic E-state index is 0. The van der Waals surface area contributed by atoms with Crippen molar-refractivity contribution >= 4 is 28.2 Å². The Labute approximate surface area is 220 Å². The maximum absolute atomic E-state index is 15.7. The zero-order valence-corrected chi connectivity index (χ0v) is 22.0. The van der Waals surface area contributed by atoms with Crippen LogP contribution in [0.1, 0.15) is 42.4 Å². The van der Waals surface area contributed by atoms with Gasteiger partial charge < -0.3 is 10.0 Å². The van der Waals surface area contributed by atoms with Crippen molar-refractivity contribution in [3.05, 3.63) is 58.9 Å². The van der Waals surface area contributed by atoms with Gasteiger partial charge in [-0.2, -0.15) is 13.2 Å². The smallest absolute Gasteiger partial charge is 0.380 e. The van der Waals surface area contributed by atoms with Crippen LogP contribution in [0.15, 0.2) is 36.4 Å². The molecule has 4 rings (SSSR count). The monoisotopic (exact) mass is 563 g/mol. The summed E-state index contributed by atoms with van der Waals surface area (Å²) < 4.78 is 76.7. The van der Waals surface area contributed by atoms with Crippen molar-refractivity contribution in [2.75, 3.05) is 6.54 Å². The molecule has 1 saturated carbocycles. The zero-order valence-electron chi connectivity index (χ0n) is 20.4. The number of alkyl halides is 3. The number of hydrogen-bond acceptors (Lipinski definition) is 4. The maximum Gasteiger partial charge on any atom is 0.492 e. The van der Waals surface area contributed by atoms with Crippen LogP contribution in [0.4, 0.5) is 17.6 Å². The van der Waals surface area contributed by atoms with Gasteiger partial charge in [0.1, 0.15) is 11.4 Å². The molecule has 0 aromatic heterocycles. The van der Waals surface area contributed by atoms with Gasteiger partial charge >= 0.3 is 5.51 Å². The molecule has 2 aromatic carbocycles. The number of rotatable bonds is 6. The van der Waals surface area contributed by atoms with E-state index in [0.29, 0.717) is 17.5 Å². The lowest BCUT2D eigenvalue weighted by molar-refractivity contribution is -0.161. The lowest BCUT2D eigenvalue weighted by Gasteiger charge is -2.40. The molecule has 2 aliphatic rings. The van der Waals surface area contributed by atoms with E-state index in [4.69, 9.17) is 4.78 Å². The van der Waals surface area contributed by atoms with Gasteiger partial charge in [0.2, 0.25) is 9.92 Å². The predicted octanol–water partition coefficient (Wildman–Crippen LogP) is 5.03. The Morgan fingerprint density at radius 1 is 1.22 bits per heavy atom.